The minimum absolute atomic E-state index is 0.150. The van der Waals surface area contributed by atoms with E-state index in [2.05, 4.69) is 6.92 Å². The van der Waals surface area contributed by atoms with E-state index in [0.29, 0.717) is 0 Å². The van der Waals surface area contributed by atoms with E-state index in [-0.39, 0.29) is 5.83 Å². The predicted molar refractivity (Wildman–Crippen MR) is 38.9 cm³/mol. The summed E-state index contributed by atoms with van der Waals surface area (Å²) in [4.78, 5) is 0. The molecule has 1 heteroatoms. The van der Waals surface area contributed by atoms with Gasteiger partial charge in [0.05, 0.1) is 0 Å². The Labute approximate surface area is 56.1 Å². The van der Waals surface area contributed by atoms with Crippen LogP contribution in [0, 0.1) is 0 Å². The first kappa shape index (κ1) is 8.41. The molecule has 0 aliphatic carbocycles. The summed E-state index contributed by atoms with van der Waals surface area (Å²) in [5, 5.41) is 0. The molecule has 52 valence electrons. The Bertz CT molecular complexity index is 112. The zero-order valence-electron chi connectivity index (χ0n) is 6.02. The van der Waals surface area contributed by atoms with E-state index in [1.165, 1.54) is 12.2 Å². The molecule has 0 rings (SSSR count). The van der Waals surface area contributed by atoms with E-state index in [9.17, 15) is 4.39 Å². The molecule has 0 atom stereocenters. The minimum Gasteiger partial charge on any atom is -0.207 e. The molecule has 0 N–H and O–H groups in total. The summed E-state index contributed by atoms with van der Waals surface area (Å²) < 4.78 is 12.2. The molecule has 0 fully saturated rings. The van der Waals surface area contributed by atoms with Crippen molar-refractivity contribution in [3.05, 3.63) is 24.1 Å². The molecular formula is C8H13F. The molecule has 0 saturated carbocycles. The largest absolute Gasteiger partial charge is 0.207 e. The molecule has 0 aromatic heterocycles. The van der Waals surface area contributed by atoms with Crippen molar-refractivity contribution >= 4 is 0 Å². The highest BCUT2D eigenvalue weighted by Crippen LogP contribution is 1.99. The fourth-order valence-corrected chi connectivity index (χ4v) is 0.459. The molecule has 0 spiro atoms. The third kappa shape index (κ3) is 5.28. The Morgan fingerprint density at radius 3 is 2.67 bits per heavy atom. The Morgan fingerprint density at radius 2 is 2.22 bits per heavy atom. The molecule has 0 aromatic rings. The second-order valence-corrected chi connectivity index (χ2v) is 1.86. The number of halogens is 1. The van der Waals surface area contributed by atoms with Crippen LogP contribution in [0.25, 0.3) is 0 Å². The van der Waals surface area contributed by atoms with Crippen LogP contribution < -0.4 is 0 Å². The Morgan fingerprint density at radius 1 is 1.56 bits per heavy atom. The normalized spacial score (nSPS) is 13.0. The lowest BCUT2D eigenvalue weighted by Crippen LogP contribution is -1.63. The van der Waals surface area contributed by atoms with Gasteiger partial charge in [-0.3, -0.25) is 0 Å². The minimum atomic E-state index is -0.150. The van der Waals surface area contributed by atoms with Gasteiger partial charge >= 0.3 is 0 Å². The fraction of sp³-hybridized carbons (Fsp3) is 0.500. The van der Waals surface area contributed by atoms with Crippen LogP contribution in [0.5, 0.6) is 0 Å². The van der Waals surface area contributed by atoms with Gasteiger partial charge in [0.15, 0.2) is 0 Å². The zero-order chi connectivity index (χ0) is 7.11. The van der Waals surface area contributed by atoms with Crippen LogP contribution in [0.2, 0.25) is 0 Å². The van der Waals surface area contributed by atoms with Crippen LogP contribution >= 0.6 is 0 Å². The summed E-state index contributed by atoms with van der Waals surface area (Å²) in [6, 6.07) is 0. The van der Waals surface area contributed by atoms with E-state index < -0.39 is 0 Å². The van der Waals surface area contributed by atoms with Crippen molar-refractivity contribution < 1.29 is 4.39 Å². The van der Waals surface area contributed by atoms with Gasteiger partial charge in [-0.05, 0) is 19.4 Å². The lowest BCUT2D eigenvalue weighted by Gasteiger charge is -1.83. The number of allylic oxidation sites excluding steroid dienone is 4. The molecule has 0 nitrogen and oxygen atoms in total. The van der Waals surface area contributed by atoms with Gasteiger partial charge in [-0.25, -0.2) is 4.39 Å². The molecule has 0 amide bonds. The van der Waals surface area contributed by atoms with Gasteiger partial charge < -0.3 is 0 Å². The number of unbranched alkanes of at least 4 members (excludes halogenated alkanes) is 1. The van der Waals surface area contributed by atoms with E-state index in [1.54, 1.807) is 6.92 Å². The first-order valence-corrected chi connectivity index (χ1v) is 3.29. The second kappa shape index (κ2) is 5.54. The van der Waals surface area contributed by atoms with E-state index in [4.69, 9.17) is 0 Å². The summed E-state index contributed by atoms with van der Waals surface area (Å²) in [5.74, 6) is -0.150. The zero-order valence-corrected chi connectivity index (χ0v) is 6.02. The Kier molecular flexibility index (Phi) is 5.18. The standard InChI is InChI=1S/C8H13F/c1-3-5-6-7-8(9)4-2/h4,6-7H,3,5H2,1-2H3/b7-6-,8-4+. The maximum absolute atomic E-state index is 12.2. The molecule has 0 radical (unpaired) electrons. The molecule has 0 heterocycles. The van der Waals surface area contributed by atoms with Crippen LogP contribution in [0.3, 0.4) is 0 Å². The monoisotopic (exact) mass is 128 g/mol. The van der Waals surface area contributed by atoms with Crippen molar-refractivity contribution in [3.63, 3.8) is 0 Å². The predicted octanol–water partition coefficient (Wildman–Crippen LogP) is 3.22. The second-order valence-electron chi connectivity index (χ2n) is 1.86. The first-order valence-electron chi connectivity index (χ1n) is 3.29. The summed E-state index contributed by atoms with van der Waals surface area (Å²) in [6.45, 7) is 3.75. The Hall–Kier alpha value is -0.590. The van der Waals surface area contributed by atoms with Gasteiger partial charge in [0, 0.05) is 0 Å². The average Bonchev–Trinajstić information content (AvgIpc) is 1.89. The smallest absolute Gasteiger partial charge is 0.118 e. The molecule has 0 unspecified atom stereocenters. The maximum Gasteiger partial charge on any atom is 0.118 e. The van der Waals surface area contributed by atoms with Gasteiger partial charge in [0.25, 0.3) is 0 Å². The topological polar surface area (TPSA) is 0 Å². The highest BCUT2D eigenvalue weighted by Gasteiger charge is 1.79. The van der Waals surface area contributed by atoms with Crippen LogP contribution in [0.1, 0.15) is 26.7 Å². The quantitative estimate of drug-likeness (QED) is 0.512. The van der Waals surface area contributed by atoms with Crippen LogP contribution in [0.15, 0.2) is 24.1 Å². The first-order chi connectivity index (χ1) is 4.31. The Balaban J connectivity index is 3.45. The number of hydrogen-bond donors (Lipinski definition) is 0. The molecule has 0 saturated heterocycles. The van der Waals surface area contributed by atoms with Crippen LogP contribution in [0.4, 0.5) is 4.39 Å². The summed E-state index contributed by atoms with van der Waals surface area (Å²) in [6.07, 6.45) is 6.83. The van der Waals surface area contributed by atoms with E-state index in [1.807, 2.05) is 6.08 Å². The van der Waals surface area contributed by atoms with Gasteiger partial charge in [-0.1, -0.05) is 25.5 Å². The fourth-order valence-electron chi connectivity index (χ4n) is 0.459. The maximum atomic E-state index is 12.2. The summed E-state index contributed by atoms with van der Waals surface area (Å²) in [5.41, 5.74) is 0. The number of hydrogen-bond acceptors (Lipinski definition) is 0. The third-order valence-corrected chi connectivity index (χ3v) is 1.01. The lowest BCUT2D eigenvalue weighted by molar-refractivity contribution is 0.663. The van der Waals surface area contributed by atoms with Gasteiger partial charge in [0.2, 0.25) is 0 Å². The van der Waals surface area contributed by atoms with Gasteiger partial charge in [0.1, 0.15) is 5.83 Å². The van der Waals surface area contributed by atoms with Crippen LogP contribution in [-0.2, 0) is 0 Å². The van der Waals surface area contributed by atoms with Gasteiger partial charge in [-0.2, -0.15) is 0 Å². The third-order valence-electron chi connectivity index (χ3n) is 1.01. The molecule has 0 aromatic carbocycles. The summed E-state index contributed by atoms with van der Waals surface area (Å²) in [7, 11) is 0. The molecular weight excluding hydrogens is 115 g/mol. The van der Waals surface area contributed by atoms with Crippen LogP contribution in [-0.4, -0.2) is 0 Å². The van der Waals surface area contributed by atoms with Gasteiger partial charge in [-0.15, -0.1) is 0 Å². The van der Waals surface area contributed by atoms with Crippen molar-refractivity contribution in [2.75, 3.05) is 0 Å². The van der Waals surface area contributed by atoms with Crippen molar-refractivity contribution in [3.8, 4) is 0 Å². The molecule has 0 aliphatic rings. The van der Waals surface area contributed by atoms with Crippen molar-refractivity contribution in [1.29, 1.82) is 0 Å². The highest BCUT2D eigenvalue weighted by atomic mass is 19.1. The average molecular weight is 128 g/mol. The lowest BCUT2D eigenvalue weighted by atomic mass is 10.3. The van der Waals surface area contributed by atoms with E-state index >= 15 is 0 Å². The van der Waals surface area contributed by atoms with Crippen molar-refractivity contribution in [2.45, 2.75) is 26.7 Å². The molecule has 0 bridgehead atoms. The van der Waals surface area contributed by atoms with Crippen molar-refractivity contribution in [1.82, 2.24) is 0 Å². The summed E-state index contributed by atoms with van der Waals surface area (Å²) >= 11 is 0. The highest BCUT2D eigenvalue weighted by molar-refractivity contribution is 5.09. The SMILES string of the molecule is C/C=C(F)\C=C/CCC. The molecule has 0 aliphatic heterocycles. The number of rotatable bonds is 3. The van der Waals surface area contributed by atoms with E-state index in [0.717, 1.165) is 12.8 Å². The van der Waals surface area contributed by atoms with Crippen molar-refractivity contribution in [2.24, 2.45) is 0 Å². The molecule has 9 heavy (non-hydrogen) atoms.